The van der Waals surface area contributed by atoms with Crippen molar-refractivity contribution in [2.75, 3.05) is 31.5 Å². The molecule has 1 saturated heterocycles. The SMILES string of the molecule is CC(C)NC(=O)Nc1ccc(CN=C(N)N2CCN(C(=O)OC(C)(C)C)CC2)cc1.I. The van der Waals surface area contributed by atoms with E-state index in [0.717, 1.165) is 5.56 Å². The Kier molecular flexibility index (Phi) is 10.3. The van der Waals surface area contributed by atoms with Crippen LogP contribution in [0.4, 0.5) is 15.3 Å². The molecule has 1 heterocycles. The maximum Gasteiger partial charge on any atom is 0.410 e. The molecule has 0 spiro atoms. The molecule has 1 aliphatic heterocycles. The van der Waals surface area contributed by atoms with E-state index in [1.54, 1.807) is 4.90 Å². The van der Waals surface area contributed by atoms with E-state index in [9.17, 15) is 9.59 Å². The normalized spacial score (nSPS) is 14.7. The van der Waals surface area contributed by atoms with Gasteiger partial charge in [-0.1, -0.05) is 12.1 Å². The molecule has 4 N–H and O–H groups in total. The number of amides is 3. The summed E-state index contributed by atoms with van der Waals surface area (Å²) in [5.41, 5.74) is 7.34. The average molecular weight is 546 g/mol. The molecule has 9 nitrogen and oxygen atoms in total. The number of nitrogens with two attached hydrogens (primary N) is 1. The molecule has 0 radical (unpaired) electrons. The van der Waals surface area contributed by atoms with E-state index in [1.807, 2.05) is 63.8 Å². The van der Waals surface area contributed by atoms with Crippen LogP contribution in [0, 0.1) is 0 Å². The van der Waals surface area contributed by atoms with Gasteiger partial charge in [0.05, 0.1) is 6.54 Å². The summed E-state index contributed by atoms with van der Waals surface area (Å²) in [5, 5.41) is 5.56. The Balaban J connectivity index is 0.00000480. The third-order valence-corrected chi connectivity index (χ3v) is 4.31. The fraction of sp³-hybridized carbons (Fsp3) is 0.571. The maximum atomic E-state index is 12.1. The van der Waals surface area contributed by atoms with Crippen molar-refractivity contribution in [3.05, 3.63) is 29.8 Å². The largest absolute Gasteiger partial charge is 0.444 e. The Morgan fingerprint density at radius 1 is 1.10 bits per heavy atom. The Labute approximate surface area is 201 Å². The second-order valence-corrected chi connectivity index (χ2v) is 8.58. The molecule has 10 heteroatoms. The molecule has 0 bridgehead atoms. The second kappa shape index (κ2) is 12.0. The predicted octanol–water partition coefficient (Wildman–Crippen LogP) is 3.20. The molecule has 0 atom stereocenters. The molecule has 1 aromatic rings. The molecular weight excluding hydrogens is 511 g/mol. The van der Waals surface area contributed by atoms with Crippen molar-refractivity contribution >= 4 is 47.7 Å². The number of nitrogens with zero attached hydrogens (tertiary/aromatic N) is 3. The molecule has 3 amide bonds. The molecule has 0 saturated carbocycles. The number of guanidine groups is 1. The minimum Gasteiger partial charge on any atom is -0.444 e. The van der Waals surface area contributed by atoms with E-state index in [-0.39, 0.29) is 42.1 Å². The lowest BCUT2D eigenvalue weighted by Crippen LogP contribution is -2.53. The van der Waals surface area contributed by atoms with E-state index in [4.69, 9.17) is 10.5 Å². The first-order valence-electron chi connectivity index (χ1n) is 10.2. The first-order valence-corrected chi connectivity index (χ1v) is 10.2. The van der Waals surface area contributed by atoms with Crippen LogP contribution in [0.2, 0.25) is 0 Å². The van der Waals surface area contributed by atoms with Crippen LogP contribution in [0.25, 0.3) is 0 Å². The molecule has 1 aromatic carbocycles. The summed E-state index contributed by atoms with van der Waals surface area (Å²) in [5.74, 6) is 0.456. The molecule has 0 aromatic heterocycles. The highest BCUT2D eigenvalue weighted by atomic mass is 127. The van der Waals surface area contributed by atoms with Gasteiger partial charge in [-0.15, -0.1) is 24.0 Å². The van der Waals surface area contributed by atoms with Crippen LogP contribution >= 0.6 is 24.0 Å². The lowest BCUT2D eigenvalue weighted by Gasteiger charge is -2.36. The number of urea groups is 1. The first kappa shape index (κ1) is 26.8. The molecule has 1 aliphatic rings. The van der Waals surface area contributed by atoms with Gasteiger partial charge in [-0.05, 0) is 52.3 Å². The van der Waals surface area contributed by atoms with E-state index in [2.05, 4.69) is 15.6 Å². The van der Waals surface area contributed by atoms with Gasteiger partial charge >= 0.3 is 12.1 Å². The van der Waals surface area contributed by atoms with E-state index in [0.29, 0.717) is 44.4 Å². The van der Waals surface area contributed by atoms with Gasteiger partial charge in [0, 0.05) is 37.9 Å². The summed E-state index contributed by atoms with van der Waals surface area (Å²) >= 11 is 0. The predicted molar refractivity (Wildman–Crippen MR) is 134 cm³/mol. The summed E-state index contributed by atoms with van der Waals surface area (Å²) in [7, 11) is 0. The zero-order valence-corrected chi connectivity index (χ0v) is 21.3. The number of carbonyl (C=O) groups excluding carboxylic acids is 2. The number of anilines is 1. The number of piperazine rings is 1. The Morgan fingerprint density at radius 3 is 2.16 bits per heavy atom. The lowest BCUT2D eigenvalue weighted by atomic mass is 10.2. The lowest BCUT2D eigenvalue weighted by molar-refractivity contribution is 0.0186. The average Bonchev–Trinajstić information content (AvgIpc) is 2.65. The third kappa shape index (κ3) is 9.62. The molecule has 31 heavy (non-hydrogen) atoms. The number of aliphatic imine (C=N–C) groups is 1. The van der Waals surface area contributed by atoms with Crippen LogP contribution in [0.15, 0.2) is 29.3 Å². The number of hydrogen-bond donors (Lipinski definition) is 3. The molecule has 0 aliphatic carbocycles. The molecule has 1 fully saturated rings. The van der Waals surface area contributed by atoms with E-state index < -0.39 is 5.60 Å². The van der Waals surface area contributed by atoms with Gasteiger partial charge in [0.15, 0.2) is 5.96 Å². The highest BCUT2D eigenvalue weighted by Crippen LogP contribution is 2.13. The van der Waals surface area contributed by atoms with Crippen LogP contribution in [-0.4, -0.2) is 65.7 Å². The molecule has 2 rings (SSSR count). The highest BCUT2D eigenvalue weighted by molar-refractivity contribution is 14.0. The van der Waals surface area contributed by atoms with Gasteiger partial charge in [-0.25, -0.2) is 14.6 Å². The standard InChI is InChI=1S/C21H34N6O3.HI/c1-15(2)24-19(28)25-17-8-6-16(7-9-17)14-23-18(22)26-10-12-27(13-11-26)20(29)30-21(3,4)5;/h6-9,15H,10-14H2,1-5H3,(H2,22,23)(H2,24,25,28);1H. The third-order valence-electron chi connectivity index (χ3n) is 4.31. The fourth-order valence-electron chi connectivity index (χ4n) is 2.84. The minimum atomic E-state index is -0.502. The van der Waals surface area contributed by atoms with Gasteiger partial charge in [0.2, 0.25) is 0 Å². The van der Waals surface area contributed by atoms with Crippen LogP contribution in [0.1, 0.15) is 40.2 Å². The Bertz CT molecular complexity index is 753. The van der Waals surface area contributed by atoms with Gasteiger partial charge in [-0.3, -0.25) is 0 Å². The van der Waals surface area contributed by atoms with Crippen molar-refractivity contribution in [2.45, 2.75) is 52.8 Å². The van der Waals surface area contributed by atoms with Crippen LogP contribution in [0.3, 0.4) is 0 Å². The van der Waals surface area contributed by atoms with E-state index in [1.165, 1.54) is 0 Å². The second-order valence-electron chi connectivity index (χ2n) is 8.58. The summed E-state index contributed by atoms with van der Waals surface area (Å²) in [4.78, 5) is 32.0. The van der Waals surface area contributed by atoms with Crippen molar-refractivity contribution in [1.82, 2.24) is 15.1 Å². The number of carbonyl (C=O) groups is 2. The highest BCUT2D eigenvalue weighted by Gasteiger charge is 2.26. The van der Waals surface area contributed by atoms with Crippen LogP contribution in [0.5, 0.6) is 0 Å². The summed E-state index contributed by atoms with van der Waals surface area (Å²) in [6.07, 6.45) is -0.298. The topological polar surface area (TPSA) is 112 Å². The van der Waals surface area contributed by atoms with E-state index >= 15 is 0 Å². The summed E-state index contributed by atoms with van der Waals surface area (Å²) in [6, 6.07) is 7.32. The smallest absolute Gasteiger partial charge is 0.410 e. The van der Waals surface area contributed by atoms with Crippen molar-refractivity contribution in [3.8, 4) is 0 Å². The van der Waals surface area contributed by atoms with Gasteiger partial charge in [0.25, 0.3) is 0 Å². The number of ether oxygens (including phenoxy) is 1. The van der Waals surface area contributed by atoms with Gasteiger partial charge < -0.3 is 30.9 Å². The zero-order chi connectivity index (χ0) is 22.3. The number of halogens is 1. The molecule has 0 unspecified atom stereocenters. The van der Waals surface area contributed by atoms with Crippen molar-refractivity contribution < 1.29 is 14.3 Å². The van der Waals surface area contributed by atoms with Crippen LogP contribution in [-0.2, 0) is 11.3 Å². The van der Waals surface area contributed by atoms with Gasteiger partial charge in [-0.2, -0.15) is 0 Å². The van der Waals surface area contributed by atoms with Crippen molar-refractivity contribution in [2.24, 2.45) is 10.7 Å². The number of benzene rings is 1. The summed E-state index contributed by atoms with van der Waals surface area (Å²) in [6.45, 7) is 12.1. The van der Waals surface area contributed by atoms with Crippen molar-refractivity contribution in [1.29, 1.82) is 0 Å². The zero-order valence-electron chi connectivity index (χ0n) is 19.0. The Morgan fingerprint density at radius 2 is 1.65 bits per heavy atom. The summed E-state index contributed by atoms with van der Waals surface area (Å²) < 4.78 is 5.41. The molecular formula is C21H35IN6O3. The Hall–Kier alpha value is -2.24. The minimum absolute atomic E-state index is 0. The van der Waals surface area contributed by atoms with Gasteiger partial charge in [0.1, 0.15) is 5.60 Å². The maximum absolute atomic E-state index is 12.1. The van der Waals surface area contributed by atoms with Crippen molar-refractivity contribution in [3.63, 3.8) is 0 Å². The number of rotatable bonds is 4. The quantitative estimate of drug-likeness (QED) is 0.305. The number of nitrogens with one attached hydrogen (secondary N) is 2. The fourth-order valence-corrected chi connectivity index (χ4v) is 2.84. The monoisotopic (exact) mass is 546 g/mol. The molecule has 174 valence electrons. The first-order chi connectivity index (χ1) is 14.0. The van der Waals surface area contributed by atoms with Crippen LogP contribution < -0.4 is 16.4 Å². The number of hydrogen-bond acceptors (Lipinski definition) is 4.